The monoisotopic (exact) mass is 261 g/mol. The molecule has 1 aromatic rings. The number of rotatable bonds is 4. The third-order valence-electron chi connectivity index (χ3n) is 3.81. The summed E-state index contributed by atoms with van der Waals surface area (Å²) in [5.41, 5.74) is 8.22. The van der Waals surface area contributed by atoms with Gasteiger partial charge in [-0.1, -0.05) is 19.1 Å². The molecule has 2 rings (SSSR count). The molecule has 4 heteroatoms. The third-order valence-corrected chi connectivity index (χ3v) is 3.81. The van der Waals surface area contributed by atoms with Crippen molar-refractivity contribution in [2.24, 2.45) is 11.1 Å². The van der Waals surface area contributed by atoms with Gasteiger partial charge in [0.1, 0.15) is 0 Å². The van der Waals surface area contributed by atoms with Gasteiger partial charge in [-0.25, -0.2) is 0 Å². The van der Waals surface area contributed by atoms with Gasteiger partial charge in [0.05, 0.1) is 0 Å². The van der Waals surface area contributed by atoms with E-state index in [1.807, 2.05) is 12.1 Å². The summed E-state index contributed by atoms with van der Waals surface area (Å²) in [5.74, 6) is -0.0361. The lowest BCUT2D eigenvalue weighted by Crippen LogP contribution is -2.31. The van der Waals surface area contributed by atoms with Crippen LogP contribution in [0.3, 0.4) is 0 Å². The lowest BCUT2D eigenvalue weighted by atomic mass is 9.90. The van der Waals surface area contributed by atoms with Crippen molar-refractivity contribution >= 4 is 11.6 Å². The van der Waals surface area contributed by atoms with Gasteiger partial charge in [-0.2, -0.15) is 0 Å². The fraction of sp³-hybridized carbons (Fsp3) is 0.533. The Bertz CT molecular complexity index is 443. The SMILES string of the molecule is CC(=O)Nc1ccc(CN2CCC(C)(CN)C2)cc1. The van der Waals surface area contributed by atoms with Crippen LogP contribution in [0.1, 0.15) is 25.8 Å². The molecular weight excluding hydrogens is 238 g/mol. The van der Waals surface area contributed by atoms with Crippen molar-refractivity contribution in [3.05, 3.63) is 29.8 Å². The third kappa shape index (κ3) is 3.78. The molecule has 0 saturated carbocycles. The fourth-order valence-electron chi connectivity index (χ4n) is 2.58. The molecule has 1 atom stereocenters. The van der Waals surface area contributed by atoms with Gasteiger partial charge in [0, 0.05) is 25.7 Å². The predicted molar refractivity (Wildman–Crippen MR) is 77.8 cm³/mol. The molecule has 1 aliphatic heterocycles. The molecule has 1 heterocycles. The summed E-state index contributed by atoms with van der Waals surface area (Å²) in [6.07, 6.45) is 1.17. The van der Waals surface area contributed by atoms with Crippen LogP contribution in [-0.2, 0) is 11.3 Å². The molecule has 0 radical (unpaired) electrons. The van der Waals surface area contributed by atoms with E-state index in [9.17, 15) is 4.79 Å². The minimum absolute atomic E-state index is 0.0361. The second-order valence-electron chi connectivity index (χ2n) is 5.85. The average molecular weight is 261 g/mol. The molecule has 0 spiro atoms. The molecule has 0 aliphatic carbocycles. The Labute approximate surface area is 115 Å². The summed E-state index contributed by atoms with van der Waals surface area (Å²) in [6, 6.07) is 8.05. The highest BCUT2D eigenvalue weighted by Crippen LogP contribution is 2.29. The molecular formula is C15H23N3O. The van der Waals surface area contributed by atoms with Crippen molar-refractivity contribution in [1.82, 2.24) is 4.90 Å². The maximum atomic E-state index is 11.0. The maximum absolute atomic E-state index is 11.0. The first kappa shape index (κ1) is 14.0. The van der Waals surface area contributed by atoms with Crippen LogP contribution in [0.5, 0.6) is 0 Å². The second-order valence-corrected chi connectivity index (χ2v) is 5.85. The van der Waals surface area contributed by atoms with Crippen LogP contribution in [0.15, 0.2) is 24.3 Å². The topological polar surface area (TPSA) is 58.4 Å². The highest BCUT2D eigenvalue weighted by Gasteiger charge is 2.32. The van der Waals surface area contributed by atoms with Gasteiger partial charge < -0.3 is 11.1 Å². The standard InChI is InChI=1S/C15H23N3O/c1-12(19)17-14-5-3-13(4-6-14)9-18-8-7-15(2,10-16)11-18/h3-6H,7-11,16H2,1-2H3,(H,17,19). The van der Waals surface area contributed by atoms with Crippen molar-refractivity contribution in [2.75, 3.05) is 25.0 Å². The Hall–Kier alpha value is -1.39. The number of carbonyl (C=O) groups is 1. The zero-order valence-corrected chi connectivity index (χ0v) is 11.8. The number of nitrogens with zero attached hydrogens (tertiary/aromatic N) is 1. The second kappa shape index (κ2) is 5.72. The quantitative estimate of drug-likeness (QED) is 0.869. The number of hydrogen-bond acceptors (Lipinski definition) is 3. The van der Waals surface area contributed by atoms with Gasteiger partial charge in [0.15, 0.2) is 0 Å². The van der Waals surface area contributed by atoms with Gasteiger partial charge in [0.2, 0.25) is 5.91 Å². The summed E-state index contributed by atoms with van der Waals surface area (Å²) in [7, 11) is 0. The molecule has 1 aromatic carbocycles. The number of amides is 1. The lowest BCUT2D eigenvalue weighted by Gasteiger charge is -2.22. The minimum Gasteiger partial charge on any atom is -0.330 e. The molecule has 3 N–H and O–H groups in total. The zero-order chi connectivity index (χ0) is 13.9. The molecule has 19 heavy (non-hydrogen) atoms. The largest absolute Gasteiger partial charge is 0.330 e. The first-order chi connectivity index (χ1) is 9.00. The van der Waals surface area contributed by atoms with E-state index in [0.717, 1.165) is 31.9 Å². The van der Waals surface area contributed by atoms with E-state index in [2.05, 4.69) is 29.3 Å². The molecule has 1 fully saturated rings. The smallest absolute Gasteiger partial charge is 0.221 e. The molecule has 1 saturated heterocycles. The summed E-state index contributed by atoms with van der Waals surface area (Å²) < 4.78 is 0. The van der Waals surface area contributed by atoms with Crippen molar-refractivity contribution in [2.45, 2.75) is 26.8 Å². The maximum Gasteiger partial charge on any atom is 0.221 e. The van der Waals surface area contributed by atoms with Crippen LogP contribution in [0, 0.1) is 5.41 Å². The number of nitrogens with one attached hydrogen (secondary N) is 1. The Balaban J connectivity index is 1.92. The van der Waals surface area contributed by atoms with E-state index >= 15 is 0 Å². The van der Waals surface area contributed by atoms with E-state index in [0.29, 0.717) is 0 Å². The number of anilines is 1. The lowest BCUT2D eigenvalue weighted by molar-refractivity contribution is -0.114. The number of hydrogen-bond donors (Lipinski definition) is 2. The van der Waals surface area contributed by atoms with Crippen LogP contribution in [0.25, 0.3) is 0 Å². The molecule has 104 valence electrons. The van der Waals surface area contributed by atoms with E-state index in [4.69, 9.17) is 5.73 Å². The highest BCUT2D eigenvalue weighted by atomic mass is 16.1. The van der Waals surface area contributed by atoms with Gasteiger partial charge >= 0.3 is 0 Å². The molecule has 0 bridgehead atoms. The van der Waals surface area contributed by atoms with Crippen LogP contribution < -0.4 is 11.1 Å². The van der Waals surface area contributed by atoms with E-state index in [1.54, 1.807) is 0 Å². The first-order valence-corrected chi connectivity index (χ1v) is 6.80. The van der Waals surface area contributed by atoms with E-state index < -0.39 is 0 Å². The summed E-state index contributed by atoms with van der Waals surface area (Å²) in [4.78, 5) is 13.4. The highest BCUT2D eigenvalue weighted by molar-refractivity contribution is 5.88. The van der Waals surface area contributed by atoms with Crippen LogP contribution in [-0.4, -0.2) is 30.4 Å². The van der Waals surface area contributed by atoms with Gasteiger partial charge in [-0.3, -0.25) is 9.69 Å². The number of likely N-dealkylation sites (tertiary alicyclic amines) is 1. The minimum atomic E-state index is -0.0361. The Morgan fingerprint density at radius 3 is 2.63 bits per heavy atom. The molecule has 4 nitrogen and oxygen atoms in total. The molecule has 0 aromatic heterocycles. The van der Waals surface area contributed by atoms with Crippen LogP contribution >= 0.6 is 0 Å². The Morgan fingerprint density at radius 1 is 1.42 bits per heavy atom. The first-order valence-electron chi connectivity index (χ1n) is 6.80. The Morgan fingerprint density at radius 2 is 2.11 bits per heavy atom. The molecule has 1 amide bonds. The molecule has 1 aliphatic rings. The van der Waals surface area contributed by atoms with Gasteiger partial charge in [-0.05, 0) is 42.6 Å². The number of nitrogens with two attached hydrogens (primary N) is 1. The summed E-state index contributed by atoms with van der Waals surface area (Å²) in [5, 5.41) is 2.78. The fourth-order valence-corrected chi connectivity index (χ4v) is 2.58. The van der Waals surface area contributed by atoms with Gasteiger partial charge in [-0.15, -0.1) is 0 Å². The zero-order valence-electron chi connectivity index (χ0n) is 11.8. The summed E-state index contributed by atoms with van der Waals surface area (Å²) in [6.45, 7) is 7.66. The normalized spacial score (nSPS) is 23.5. The number of benzene rings is 1. The van der Waals surface area contributed by atoms with E-state index in [1.165, 1.54) is 18.9 Å². The van der Waals surface area contributed by atoms with Crippen LogP contribution in [0.4, 0.5) is 5.69 Å². The Kier molecular flexibility index (Phi) is 4.22. The number of carbonyl (C=O) groups excluding carboxylic acids is 1. The van der Waals surface area contributed by atoms with Crippen molar-refractivity contribution < 1.29 is 4.79 Å². The summed E-state index contributed by atoms with van der Waals surface area (Å²) >= 11 is 0. The average Bonchev–Trinajstić information content (AvgIpc) is 2.74. The van der Waals surface area contributed by atoms with Crippen molar-refractivity contribution in [3.63, 3.8) is 0 Å². The predicted octanol–water partition coefficient (Wildman–Crippen LogP) is 1.82. The van der Waals surface area contributed by atoms with Crippen LogP contribution in [0.2, 0.25) is 0 Å². The van der Waals surface area contributed by atoms with Crippen molar-refractivity contribution in [1.29, 1.82) is 0 Å². The molecule has 1 unspecified atom stereocenters. The van der Waals surface area contributed by atoms with Gasteiger partial charge in [0.25, 0.3) is 0 Å². The van der Waals surface area contributed by atoms with E-state index in [-0.39, 0.29) is 11.3 Å². The van der Waals surface area contributed by atoms with Crippen molar-refractivity contribution in [3.8, 4) is 0 Å².